The van der Waals surface area contributed by atoms with Crippen molar-refractivity contribution in [2.75, 3.05) is 19.6 Å². The molecule has 16 heavy (non-hydrogen) atoms. The maximum Gasteiger partial charge on any atom is 0.239 e. The maximum absolute atomic E-state index is 11.8. The smallest absolute Gasteiger partial charge is 0.239 e. The number of nitrogens with one attached hydrogen (secondary N) is 1. The van der Waals surface area contributed by atoms with E-state index in [0.717, 1.165) is 19.3 Å². The van der Waals surface area contributed by atoms with Gasteiger partial charge in [-0.3, -0.25) is 9.59 Å². The number of hydrogen-bond acceptors (Lipinski definition) is 3. The van der Waals surface area contributed by atoms with Gasteiger partial charge in [-0.15, -0.1) is 0 Å². The van der Waals surface area contributed by atoms with E-state index in [9.17, 15) is 9.59 Å². The van der Waals surface area contributed by atoms with E-state index >= 15 is 0 Å². The molecule has 5 heteroatoms. The van der Waals surface area contributed by atoms with Crippen LogP contribution in [0.1, 0.15) is 32.6 Å². The molecule has 92 valence electrons. The molecule has 1 aliphatic heterocycles. The van der Waals surface area contributed by atoms with E-state index in [0.29, 0.717) is 19.5 Å². The number of hydrogen-bond donors (Lipinski definition) is 2. The molecule has 5 nitrogen and oxygen atoms in total. The van der Waals surface area contributed by atoms with Crippen LogP contribution in [-0.2, 0) is 9.59 Å². The SMILES string of the molecule is CCCC(N)CC(=O)N1CCCNC(=O)C1. The molecule has 0 spiro atoms. The van der Waals surface area contributed by atoms with E-state index in [1.807, 2.05) is 6.92 Å². The number of amides is 2. The fourth-order valence-corrected chi connectivity index (χ4v) is 1.85. The largest absolute Gasteiger partial charge is 0.354 e. The lowest BCUT2D eigenvalue weighted by Gasteiger charge is -2.20. The summed E-state index contributed by atoms with van der Waals surface area (Å²) in [5.74, 6) is -0.0760. The van der Waals surface area contributed by atoms with Gasteiger partial charge in [0.25, 0.3) is 0 Å². The predicted octanol–water partition coefficient (Wildman–Crippen LogP) is -0.148. The molecule has 0 aromatic heterocycles. The zero-order chi connectivity index (χ0) is 12.0. The Balaban J connectivity index is 2.42. The Morgan fingerprint density at radius 2 is 2.38 bits per heavy atom. The second-order valence-corrected chi connectivity index (χ2v) is 4.27. The van der Waals surface area contributed by atoms with Crippen LogP contribution in [0, 0.1) is 0 Å². The standard InChI is InChI=1S/C11H21N3O2/c1-2-4-9(12)7-11(16)14-6-3-5-13-10(15)8-14/h9H,2-8,12H2,1H3,(H,13,15). The van der Waals surface area contributed by atoms with Crippen molar-refractivity contribution >= 4 is 11.8 Å². The fourth-order valence-electron chi connectivity index (χ4n) is 1.85. The second kappa shape index (κ2) is 6.48. The van der Waals surface area contributed by atoms with E-state index < -0.39 is 0 Å². The van der Waals surface area contributed by atoms with Gasteiger partial charge in [-0.05, 0) is 12.8 Å². The third-order valence-corrected chi connectivity index (χ3v) is 2.71. The minimum atomic E-state index is -0.0798. The molecule has 2 amide bonds. The molecule has 0 radical (unpaired) electrons. The van der Waals surface area contributed by atoms with Crippen molar-refractivity contribution < 1.29 is 9.59 Å². The minimum Gasteiger partial charge on any atom is -0.354 e. The van der Waals surface area contributed by atoms with Gasteiger partial charge in [0, 0.05) is 25.6 Å². The quantitative estimate of drug-likeness (QED) is 0.701. The van der Waals surface area contributed by atoms with Gasteiger partial charge in [-0.2, -0.15) is 0 Å². The molecule has 1 atom stereocenters. The van der Waals surface area contributed by atoms with Gasteiger partial charge in [0.2, 0.25) is 11.8 Å². The molecule has 1 aliphatic rings. The monoisotopic (exact) mass is 227 g/mol. The number of carbonyl (C=O) groups is 2. The zero-order valence-electron chi connectivity index (χ0n) is 9.87. The normalized spacial score (nSPS) is 18.9. The highest BCUT2D eigenvalue weighted by atomic mass is 16.2. The summed E-state index contributed by atoms with van der Waals surface area (Å²) < 4.78 is 0. The topological polar surface area (TPSA) is 75.4 Å². The lowest BCUT2D eigenvalue weighted by atomic mass is 10.1. The number of nitrogens with two attached hydrogens (primary N) is 1. The number of nitrogens with zero attached hydrogens (tertiary/aromatic N) is 1. The third-order valence-electron chi connectivity index (χ3n) is 2.71. The second-order valence-electron chi connectivity index (χ2n) is 4.27. The lowest BCUT2D eigenvalue weighted by Crippen LogP contribution is -2.40. The first-order valence-corrected chi connectivity index (χ1v) is 5.93. The van der Waals surface area contributed by atoms with Gasteiger partial charge in [0.1, 0.15) is 0 Å². The van der Waals surface area contributed by atoms with Gasteiger partial charge >= 0.3 is 0 Å². The Morgan fingerprint density at radius 3 is 3.06 bits per heavy atom. The number of carbonyl (C=O) groups excluding carboxylic acids is 2. The van der Waals surface area contributed by atoms with Crippen LogP contribution in [0.3, 0.4) is 0 Å². The summed E-state index contributed by atoms with van der Waals surface area (Å²) in [4.78, 5) is 24.7. The molecular formula is C11H21N3O2. The van der Waals surface area contributed by atoms with Crippen LogP contribution in [0.15, 0.2) is 0 Å². The van der Waals surface area contributed by atoms with Crippen molar-refractivity contribution in [3.8, 4) is 0 Å². The molecule has 0 aromatic rings. The van der Waals surface area contributed by atoms with E-state index in [2.05, 4.69) is 5.32 Å². The minimum absolute atomic E-state index is 0.00185. The van der Waals surface area contributed by atoms with Gasteiger partial charge < -0.3 is 16.0 Å². The zero-order valence-corrected chi connectivity index (χ0v) is 9.87. The van der Waals surface area contributed by atoms with Crippen molar-refractivity contribution in [1.29, 1.82) is 0 Å². The first-order chi connectivity index (χ1) is 7.63. The first kappa shape index (κ1) is 13.0. The predicted molar refractivity (Wildman–Crippen MR) is 61.7 cm³/mol. The van der Waals surface area contributed by atoms with Crippen LogP contribution in [-0.4, -0.2) is 42.4 Å². The van der Waals surface area contributed by atoms with Gasteiger partial charge in [0.15, 0.2) is 0 Å². The Labute approximate surface area is 96.4 Å². The summed E-state index contributed by atoms with van der Waals surface area (Å²) in [6, 6.07) is -0.0798. The van der Waals surface area contributed by atoms with Crippen molar-refractivity contribution in [2.45, 2.75) is 38.6 Å². The molecule has 1 unspecified atom stereocenters. The Bertz CT molecular complexity index is 256. The molecule has 1 rings (SSSR count). The Hall–Kier alpha value is -1.10. The highest BCUT2D eigenvalue weighted by molar-refractivity contribution is 5.85. The third kappa shape index (κ3) is 4.18. The van der Waals surface area contributed by atoms with Crippen molar-refractivity contribution in [3.63, 3.8) is 0 Å². The van der Waals surface area contributed by atoms with Crippen LogP contribution < -0.4 is 11.1 Å². The summed E-state index contributed by atoms with van der Waals surface area (Å²) >= 11 is 0. The molecule has 0 bridgehead atoms. The lowest BCUT2D eigenvalue weighted by molar-refractivity contribution is -0.135. The summed E-state index contributed by atoms with van der Waals surface area (Å²) in [7, 11) is 0. The van der Waals surface area contributed by atoms with Crippen molar-refractivity contribution in [3.05, 3.63) is 0 Å². The van der Waals surface area contributed by atoms with E-state index in [4.69, 9.17) is 5.73 Å². The molecule has 1 saturated heterocycles. The van der Waals surface area contributed by atoms with Crippen LogP contribution in [0.4, 0.5) is 0 Å². The summed E-state index contributed by atoms with van der Waals surface area (Å²) in [6.07, 6.45) is 3.00. The van der Waals surface area contributed by atoms with Crippen LogP contribution >= 0.6 is 0 Å². The van der Waals surface area contributed by atoms with Gasteiger partial charge in [0.05, 0.1) is 6.54 Å². The molecule has 3 N–H and O–H groups in total. The maximum atomic E-state index is 11.8. The molecule has 1 fully saturated rings. The highest BCUT2D eigenvalue weighted by Gasteiger charge is 2.20. The Morgan fingerprint density at radius 1 is 1.62 bits per heavy atom. The summed E-state index contributed by atoms with van der Waals surface area (Å²) in [5.41, 5.74) is 5.82. The van der Waals surface area contributed by atoms with Crippen LogP contribution in [0.5, 0.6) is 0 Å². The van der Waals surface area contributed by atoms with Crippen LogP contribution in [0.25, 0.3) is 0 Å². The van der Waals surface area contributed by atoms with Crippen molar-refractivity contribution in [2.24, 2.45) is 5.73 Å². The summed E-state index contributed by atoms with van der Waals surface area (Å²) in [5, 5.41) is 2.74. The molecule has 0 aromatic carbocycles. The van der Waals surface area contributed by atoms with E-state index in [1.54, 1.807) is 4.90 Å². The number of rotatable bonds is 4. The molecule has 0 saturated carbocycles. The van der Waals surface area contributed by atoms with E-state index in [1.165, 1.54) is 0 Å². The molecule has 1 heterocycles. The van der Waals surface area contributed by atoms with Gasteiger partial charge in [-0.25, -0.2) is 0 Å². The first-order valence-electron chi connectivity index (χ1n) is 5.93. The Kier molecular flexibility index (Phi) is 5.25. The summed E-state index contributed by atoms with van der Waals surface area (Å²) in [6.45, 7) is 3.53. The molecular weight excluding hydrogens is 206 g/mol. The van der Waals surface area contributed by atoms with Gasteiger partial charge in [-0.1, -0.05) is 13.3 Å². The fraction of sp³-hybridized carbons (Fsp3) is 0.818. The van der Waals surface area contributed by atoms with E-state index in [-0.39, 0.29) is 24.4 Å². The average molecular weight is 227 g/mol. The molecule has 0 aliphatic carbocycles. The van der Waals surface area contributed by atoms with Crippen molar-refractivity contribution in [1.82, 2.24) is 10.2 Å². The highest BCUT2D eigenvalue weighted by Crippen LogP contribution is 2.04. The average Bonchev–Trinajstić information content (AvgIpc) is 2.43. The van der Waals surface area contributed by atoms with Crippen LogP contribution in [0.2, 0.25) is 0 Å².